The summed E-state index contributed by atoms with van der Waals surface area (Å²) in [5.41, 5.74) is -1.04. The predicted octanol–water partition coefficient (Wildman–Crippen LogP) is 2.58. The van der Waals surface area contributed by atoms with Crippen LogP contribution in [0.15, 0.2) is 24.3 Å². The van der Waals surface area contributed by atoms with Crippen LogP contribution in [0.2, 0.25) is 5.02 Å². The third-order valence-electron chi connectivity index (χ3n) is 4.38. The van der Waals surface area contributed by atoms with Crippen molar-refractivity contribution in [1.82, 2.24) is 10.6 Å². The lowest BCUT2D eigenvalue weighted by Gasteiger charge is -2.70. The molecule has 2 amide bonds. The summed E-state index contributed by atoms with van der Waals surface area (Å²) >= 11 is 5.75. The normalized spacial score (nSPS) is 26.9. The molecule has 1 aromatic carbocycles. The van der Waals surface area contributed by atoms with Crippen molar-refractivity contribution >= 4 is 23.4 Å². The van der Waals surface area contributed by atoms with E-state index in [0.717, 1.165) is 0 Å². The SMILES string of the molecule is O=C(COc1ccc(Cl)cc1)NC12CC(NC(=O)CC(F)(F)F)(C1)C2. The summed E-state index contributed by atoms with van der Waals surface area (Å²) in [5.74, 6) is -0.837. The molecule has 2 bridgehead atoms. The Morgan fingerprint density at radius 1 is 1.04 bits per heavy atom. The molecule has 0 aromatic heterocycles. The van der Waals surface area contributed by atoms with Crippen LogP contribution in [0.3, 0.4) is 0 Å². The van der Waals surface area contributed by atoms with Gasteiger partial charge in [0.2, 0.25) is 5.91 Å². The van der Waals surface area contributed by atoms with Gasteiger partial charge in [-0.3, -0.25) is 9.59 Å². The summed E-state index contributed by atoms with van der Waals surface area (Å²) in [6, 6.07) is 6.57. The predicted molar refractivity (Wildman–Crippen MR) is 83.2 cm³/mol. The standard InChI is InChI=1S/C16H16ClF3N2O3/c17-10-1-3-11(4-2-10)25-6-13(24)22-15-7-14(8-15,9-15)21-12(23)5-16(18,19)20/h1-4H,5-9H2,(H,21,23)(H,22,24). The molecule has 3 aliphatic rings. The fourth-order valence-corrected chi connectivity index (χ4v) is 3.71. The second kappa shape index (κ2) is 6.09. The lowest BCUT2D eigenvalue weighted by atomic mass is 9.44. The molecule has 0 spiro atoms. The first kappa shape index (κ1) is 17.8. The van der Waals surface area contributed by atoms with E-state index < -0.39 is 29.6 Å². The minimum atomic E-state index is -4.52. The van der Waals surface area contributed by atoms with Gasteiger partial charge in [0.25, 0.3) is 5.91 Å². The zero-order chi connectivity index (χ0) is 18.3. The summed E-state index contributed by atoms with van der Waals surface area (Å²) in [6.07, 6.45) is -4.68. The van der Waals surface area contributed by atoms with Gasteiger partial charge in [0.1, 0.15) is 12.2 Å². The van der Waals surface area contributed by atoms with Gasteiger partial charge < -0.3 is 15.4 Å². The number of nitrogens with one attached hydrogen (secondary N) is 2. The first-order valence-corrected chi connectivity index (χ1v) is 8.04. The minimum Gasteiger partial charge on any atom is -0.484 e. The van der Waals surface area contributed by atoms with Crippen molar-refractivity contribution in [2.75, 3.05) is 6.61 Å². The van der Waals surface area contributed by atoms with Gasteiger partial charge in [-0.1, -0.05) is 11.6 Å². The van der Waals surface area contributed by atoms with Crippen molar-refractivity contribution in [3.8, 4) is 5.75 Å². The summed E-state index contributed by atoms with van der Waals surface area (Å²) in [5, 5.41) is 5.80. The van der Waals surface area contributed by atoms with E-state index in [-0.39, 0.29) is 12.5 Å². The molecular weight excluding hydrogens is 361 g/mol. The van der Waals surface area contributed by atoms with Crippen molar-refractivity contribution in [3.05, 3.63) is 29.3 Å². The largest absolute Gasteiger partial charge is 0.484 e. The van der Waals surface area contributed by atoms with Crippen molar-refractivity contribution in [1.29, 1.82) is 0 Å². The average molecular weight is 377 g/mol. The number of alkyl halides is 3. The van der Waals surface area contributed by atoms with Crippen LogP contribution < -0.4 is 15.4 Å². The highest BCUT2D eigenvalue weighted by Gasteiger charge is 2.69. The molecule has 25 heavy (non-hydrogen) atoms. The highest BCUT2D eigenvalue weighted by Crippen LogP contribution is 2.60. The Kier molecular flexibility index (Phi) is 4.35. The first-order valence-electron chi connectivity index (χ1n) is 7.66. The van der Waals surface area contributed by atoms with Gasteiger partial charge in [0.05, 0.1) is 0 Å². The van der Waals surface area contributed by atoms with E-state index in [4.69, 9.17) is 16.3 Å². The molecule has 2 N–H and O–H groups in total. The number of carbonyl (C=O) groups excluding carboxylic acids is 2. The van der Waals surface area contributed by atoms with Crippen LogP contribution in [0.5, 0.6) is 5.75 Å². The third-order valence-corrected chi connectivity index (χ3v) is 4.64. The van der Waals surface area contributed by atoms with Gasteiger partial charge in [-0.15, -0.1) is 0 Å². The van der Waals surface area contributed by atoms with Crippen LogP contribution in [-0.2, 0) is 9.59 Å². The average Bonchev–Trinajstić information content (AvgIpc) is 2.41. The summed E-state index contributed by atoms with van der Waals surface area (Å²) < 4.78 is 41.8. The molecule has 0 unspecified atom stereocenters. The topological polar surface area (TPSA) is 67.4 Å². The van der Waals surface area contributed by atoms with Gasteiger partial charge in [0, 0.05) is 16.1 Å². The lowest BCUT2D eigenvalue weighted by Crippen LogP contribution is -2.84. The second-order valence-corrected chi connectivity index (χ2v) is 7.16. The van der Waals surface area contributed by atoms with Gasteiger partial charge >= 0.3 is 6.18 Å². The maximum Gasteiger partial charge on any atom is 0.397 e. The van der Waals surface area contributed by atoms with Gasteiger partial charge in [-0.25, -0.2) is 0 Å². The van der Waals surface area contributed by atoms with E-state index in [9.17, 15) is 22.8 Å². The molecule has 0 radical (unpaired) electrons. The lowest BCUT2D eigenvalue weighted by molar-refractivity contribution is -0.165. The van der Waals surface area contributed by atoms with Crippen molar-refractivity contribution in [3.63, 3.8) is 0 Å². The number of carbonyl (C=O) groups is 2. The Hall–Kier alpha value is -1.96. The van der Waals surface area contributed by atoms with Gasteiger partial charge in [-0.05, 0) is 43.5 Å². The smallest absolute Gasteiger partial charge is 0.397 e. The summed E-state index contributed by atoms with van der Waals surface area (Å²) in [6.45, 7) is -0.170. The highest BCUT2D eigenvalue weighted by atomic mass is 35.5. The van der Waals surface area contributed by atoms with E-state index in [0.29, 0.717) is 30.0 Å². The maximum absolute atomic E-state index is 12.2. The molecule has 9 heteroatoms. The number of rotatable bonds is 6. The Balaban J connectivity index is 1.39. The molecule has 136 valence electrons. The Bertz CT molecular complexity index is 671. The molecule has 1 aromatic rings. The molecule has 5 nitrogen and oxygen atoms in total. The molecule has 0 atom stereocenters. The van der Waals surface area contributed by atoms with Crippen LogP contribution >= 0.6 is 11.6 Å². The molecule has 3 fully saturated rings. The number of hydrogen-bond donors (Lipinski definition) is 2. The van der Waals surface area contributed by atoms with Crippen LogP contribution in [0.1, 0.15) is 25.7 Å². The van der Waals surface area contributed by atoms with Crippen LogP contribution in [0.25, 0.3) is 0 Å². The number of halogens is 4. The van der Waals surface area contributed by atoms with E-state index in [1.165, 1.54) is 0 Å². The van der Waals surface area contributed by atoms with E-state index >= 15 is 0 Å². The number of benzene rings is 1. The molecule has 0 heterocycles. The summed E-state index contributed by atoms with van der Waals surface area (Å²) in [7, 11) is 0. The molecule has 0 saturated heterocycles. The van der Waals surface area contributed by atoms with Crippen molar-refractivity contribution < 1.29 is 27.5 Å². The van der Waals surface area contributed by atoms with E-state index in [2.05, 4.69) is 10.6 Å². The van der Waals surface area contributed by atoms with Crippen molar-refractivity contribution in [2.45, 2.75) is 42.9 Å². The monoisotopic (exact) mass is 376 g/mol. The summed E-state index contributed by atoms with van der Waals surface area (Å²) in [4.78, 5) is 23.3. The molecule has 3 saturated carbocycles. The second-order valence-electron chi connectivity index (χ2n) is 6.72. The zero-order valence-corrected chi connectivity index (χ0v) is 13.8. The Morgan fingerprint density at radius 3 is 2.08 bits per heavy atom. The van der Waals surface area contributed by atoms with E-state index in [1.54, 1.807) is 24.3 Å². The highest BCUT2D eigenvalue weighted by molar-refractivity contribution is 6.30. The Labute approximate surface area is 146 Å². The van der Waals surface area contributed by atoms with Crippen LogP contribution in [0, 0.1) is 0 Å². The Morgan fingerprint density at radius 2 is 1.56 bits per heavy atom. The molecule has 3 aliphatic carbocycles. The van der Waals surface area contributed by atoms with E-state index in [1.807, 2.05) is 0 Å². The number of ether oxygens (including phenoxy) is 1. The maximum atomic E-state index is 12.2. The number of hydrogen-bond acceptors (Lipinski definition) is 3. The van der Waals surface area contributed by atoms with Gasteiger partial charge in [-0.2, -0.15) is 13.2 Å². The first-order chi connectivity index (χ1) is 11.6. The third kappa shape index (κ3) is 4.18. The minimum absolute atomic E-state index is 0.170. The molecule has 4 rings (SSSR count). The fraction of sp³-hybridized carbons (Fsp3) is 0.500. The van der Waals surface area contributed by atoms with Crippen LogP contribution in [0.4, 0.5) is 13.2 Å². The van der Waals surface area contributed by atoms with Crippen LogP contribution in [-0.4, -0.2) is 35.7 Å². The number of amides is 2. The zero-order valence-electron chi connectivity index (χ0n) is 13.1. The molecule has 0 aliphatic heterocycles. The molecular formula is C16H16ClF3N2O3. The van der Waals surface area contributed by atoms with Gasteiger partial charge in [0.15, 0.2) is 6.61 Å². The fourth-order valence-electron chi connectivity index (χ4n) is 3.59. The quantitative estimate of drug-likeness (QED) is 0.802. The van der Waals surface area contributed by atoms with Crippen molar-refractivity contribution in [2.24, 2.45) is 0 Å².